The molecular formula is C16H14F3NO6S. The van der Waals surface area contributed by atoms with Crippen molar-refractivity contribution in [2.24, 2.45) is 5.14 Å². The van der Waals surface area contributed by atoms with Crippen molar-refractivity contribution in [3.8, 4) is 11.5 Å². The van der Waals surface area contributed by atoms with Crippen molar-refractivity contribution in [3.05, 3.63) is 54.1 Å². The number of hydrogen-bond donors (Lipinski definition) is 1. The molecule has 2 N–H and O–H groups in total. The Morgan fingerprint density at radius 2 is 1.48 bits per heavy atom. The second-order valence-electron chi connectivity index (χ2n) is 5.07. The Bertz CT molecular complexity index is 880. The maximum atomic E-state index is 12.1. The number of rotatable bonds is 7. The third-order valence-corrected chi connectivity index (χ3v) is 3.99. The largest absolute Gasteiger partial charge is 0.573 e. The number of sulfonamides is 1. The van der Waals surface area contributed by atoms with Crippen molar-refractivity contribution >= 4 is 16.0 Å². The molecule has 0 aromatic heterocycles. The number of esters is 1. The van der Waals surface area contributed by atoms with Crippen LogP contribution in [0.4, 0.5) is 13.2 Å². The van der Waals surface area contributed by atoms with Crippen molar-refractivity contribution in [3.63, 3.8) is 0 Å². The van der Waals surface area contributed by atoms with Crippen LogP contribution >= 0.6 is 0 Å². The van der Waals surface area contributed by atoms with Gasteiger partial charge in [-0.25, -0.2) is 18.4 Å². The van der Waals surface area contributed by atoms with Gasteiger partial charge in [-0.1, -0.05) is 0 Å². The quantitative estimate of drug-likeness (QED) is 0.561. The molecule has 0 aliphatic rings. The summed E-state index contributed by atoms with van der Waals surface area (Å²) in [6, 6.07) is 9.57. The van der Waals surface area contributed by atoms with Gasteiger partial charge in [0.15, 0.2) is 0 Å². The molecule has 0 spiro atoms. The van der Waals surface area contributed by atoms with E-state index in [1.807, 2.05) is 0 Å². The maximum Gasteiger partial charge on any atom is 0.573 e. The van der Waals surface area contributed by atoms with E-state index in [2.05, 4.69) is 4.74 Å². The number of carbonyl (C=O) groups excluding carboxylic acids is 1. The summed E-state index contributed by atoms with van der Waals surface area (Å²) in [4.78, 5) is 11.7. The van der Waals surface area contributed by atoms with Crippen LogP contribution in [0.15, 0.2) is 53.4 Å². The summed E-state index contributed by atoms with van der Waals surface area (Å²) in [5, 5.41) is 4.97. The predicted octanol–water partition coefficient (Wildman–Crippen LogP) is 2.47. The molecule has 11 heteroatoms. The first-order valence-corrected chi connectivity index (χ1v) is 8.88. The van der Waals surface area contributed by atoms with E-state index in [-0.39, 0.29) is 23.7 Å². The lowest BCUT2D eigenvalue weighted by molar-refractivity contribution is -0.274. The molecule has 0 bridgehead atoms. The Balaban J connectivity index is 1.79. The standard InChI is InChI=1S/C16H14F3NO6S/c17-16(18,19)26-13-3-1-11(2-4-13)15(21)25-10-9-24-12-5-7-14(8-6-12)27(20,22)23/h1-8H,9-10H2,(H2,20,22,23). The number of primary sulfonamides is 1. The third-order valence-electron chi connectivity index (χ3n) is 3.06. The molecule has 0 heterocycles. The first-order valence-electron chi connectivity index (χ1n) is 7.33. The Morgan fingerprint density at radius 3 is 2.00 bits per heavy atom. The average molecular weight is 405 g/mol. The summed E-state index contributed by atoms with van der Waals surface area (Å²) in [6.07, 6.45) is -4.81. The maximum absolute atomic E-state index is 12.1. The molecule has 0 saturated heterocycles. The topological polar surface area (TPSA) is 105 Å². The normalized spacial score (nSPS) is 11.7. The van der Waals surface area contributed by atoms with Crippen molar-refractivity contribution in [2.45, 2.75) is 11.3 Å². The van der Waals surface area contributed by atoms with Gasteiger partial charge in [0.1, 0.15) is 24.7 Å². The smallest absolute Gasteiger partial charge is 0.490 e. The zero-order chi connectivity index (χ0) is 20.1. The molecule has 0 saturated carbocycles. The van der Waals surface area contributed by atoms with Crippen molar-refractivity contribution in [2.75, 3.05) is 13.2 Å². The van der Waals surface area contributed by atoms with Crippen molar-refractivity contribution in [1.29, 1.82) is 0 Å². The number of ether oxygens (including phenoxy) is 3. The highest BCUT2D eigenvalue weighted by atomic mass is 32.2. The Labute approximate surface area is 152 Å². The number of carbonyl (C=O) groups is 1. The molecule has 0 aliphatic heterocycles. The van der Waals surface area contributed by atoms with Crippen LogP contribution in [0.1, 0.15) is 10.4 Å². The first-order chi connectivity index (χ1) is 12.5. The van der Waals surface area contributed by atoms with Gasteiger partial charge in [0, 0.05) is 0 Å². The third kappa shape index (κ3) is 6.79. The molecular weight excluding hydrogens is 391 g/mol. The highest BCUT2D eigenvalue weighted by Gasteiger charge is 2.31. The highest BCUT2D eigenvalue weighted by molar-refractivity contribution is 7.89. The number of benzene rings is 2. The molecule has 2 rings (SSSR count). The van der Waals surface area contributed by atoms with Gasteiger partial charge in [0.2, 0.25) is 10.0 Å². The summed E-state index contributed by atoms with van der Waals surface area (Å²) in [5.74, 6) is -0.862. The molecule has 0 atom stereocenters. The van der Waals surface area contributed by atoms with E-state index in [4.69, 9.17) is 14.6 Å². The van der Waals surface area contributed by atoms with Gasteiger partial charge >= 0.3 is 12.3 Å². The van der Waals surface area contributed by atoms with E-state index in [0.29, 0.717) is 5.75 Å². The minimum Gasteiger partial charge on any atom is -0.490 e. The number of halogens is 3. The molecule has 0 unspecified atom stereocenters. The predicted molar refractivity (Wildman–Crippen MR) is 86.7 cm³/mol. The van der Waals surface area contributed by atoms with E-state index in [0.717, 1.165) is 24.3 Å². The van der Waals surface area contributed by atoms with Gasteiger partial charge in [0.25, 0.3) is 0 Å². The zero-order valence-electron chi connectivity index (χ0n) is 13.6. The van der Waals surface area contributed by atoms with Gasteiger partial charge < -0.3 is 14.2 Å². The van der Waals surface area contributed by atoms with Crippen LogP contribution in [0.2, 0.25) is 0 Å². The van der Waals surface area contributed by atoms with Crippen LogP contribution in [0.5, 0.6) is 11.5 Å². The first kappa shape index (κ1) is 20.5. The number of nitrogens with two attached hydrogens (primary N) is 1. The van der Waals surface area contributed by atoms with Crippen LogP contribution in [-0.2, 0) is 14.8 Å². The van der Waals surface area contributed by atoms with Crippen LogP contribution in [0.25, 0.3) is 0 Å². The fourth-order valence-corrected chi connectivity index (χ4v) is 2.41. The van der Waals surface area contributed by atoms with Gasteiger partial charge in [-0.05, 0) is 48.5 Å². The summed E-state index contributed by atoms with van der Waals surface area (Å²) >= 11 is 0. The number of alkyl halides is 3. The summed E-state index contributed by atoms with van der Waals surface area (Å²) in [6.45, 7) is -0.147. The molecule has 2 aromatic carbocycles. The lowest BCUT2D eigenvalue weighted by atomic mass is 10.2. The van der Waals surface area contributed by atoms with Gasteiger partial charge in [0.05, 0.1) is 10.5 Å². The minimum absolute atomic E-state index is 0.0181. The fraction of sp³-hybridized carbons (Fsp3) is 0.188. The SMILES string of the molecule is NS(=O)(=O)c1ccc(OCCOC(=O)c2ccc(OC(F)(F)F)cc2)cc1. The molecule has 2 aromatic rings. The van der Waals surface area contributed by atoms with E-state index in [1.54, 1.807) is 0 Å². The molecule has 7 nitrogen and oxygen atoms in total. The lowest BCUT2D eigenvalue weighted by Crippen LogP contribution is -2.17. The van der Waals surface area contributed by atoms with Crippen LogP contribution in [-0.4, -0.2) is 34.0 Å². The van der Waals surface area contributed by atoms with Gasteiger partial charge in [-0.3, -0.25) is 0 Å². The Hall–Kier alpha value is -2.79. The summed E-state index contributed by atoms with van der Waals surface area (Å²) in [7, 11) is -3.80. The molecule has 0 fully saturated rings. The molecule has 0 amide bonds. The highest BCUT2D eigenvalue weighted by Crippen LogP contribution is 2.23. The lowest BCUT2D eigenvalue weighted by Gasteiger charge is -2.10. The van der Waals surface area contributed by atoms with Crippen LogP contribution in [0.3, 0.4) is 0 Å². The monoisotopic (exact) mass is 405 g/mol. The van der Waals surface area contributed by atoms with E-state index in [1.165, 1.54) is 24.3 Å². The molecule has 27 heavy (non-hydrogen) atoms. The number of hydrogen-bond acceptors (Lipinski definition) is 6. The molecule has 0 radical (unpaired) electrons. The van der Waals surface area contributed by atoms with Gasteiger partial charge in [-0.2, -0.15) is 0 Å². The Kier molecular flexibility index (Phi) is 6.28. The van der Waals surface area contributed by atoms with E-state index in [9.17, 15) is 26.4 Å². The second-order valence-corrected chi connectivity index (χ2v) is 6.63. The van der Waals surface area contributed by atoms with E-state index >= 15 is 0 Å². The van der Waals surface area contributed by atoms with Gasteiger partial charge in [-0.15, -0.1) is 13.2 Å². The fourth-order valence-electron chi connectivity index (χ4n) is 1.90. The van der Waals surface area contributed by atoms with Crippen molar-refractivity contribution in [1.82, 2.24) is 0 Å². The van der Waals surface area contributed by atoms with E-state index < -0.39 is 28.1 Å². The van der Waals surface area contributed by atoms with Crippen LogP contribution < -0.4 is 14.6 Å². The second kappa shape index (κ2) is 8.27. The molecule has 0 aliphatic carbocycles. The van der Waals surface area contributed by atoms with Crippen molar-refractivity contribution < 1.29 is 40.6 Å². The summed E-state index contributed by atoms with van der Waals surface area (Å²) in [5.41, 5.74) is 0.0435. The average Bonchev–Trinajstić information content (AvgIpc) is 2.57. The zero-order valence-corrected chi connectivity index (χ0v) is 14.4. The minimum atomic E-state index is -4.81. The summed E-state index contributed by atoms with van der Waals surface area (Å²) < 4.78 is 72.3. The molecule has 146 valence electrons. The Morgan fingerprint density at radius 1 is 0.926 bits per heavy atom. The van der Waals surface area contributed by atoms with Crippen LogP contribution in [0, 0.1) is 0 Å².